The maximum absolute atomic E-state index is 9.21. The summed E-state index contributed by atoms with van der Waals surface area (Å²) in [6.07, 6.45) is 0. The first-order valence-electron chi connectivity index (χ1n) is 4.73. The third-order valence-electron chi connectivity index (χ3n) is 2.15. The van der Waals surface area contributed by atoms with Gasteiger partial charge in [-0.25, -0.2) is 0 Å². The van der Waals surface area contributed by atoms with Gasteiger partial charge in [0.2, 0.25) is 0 Å². The summed E-state index contributed by atoms with van der Waals surface area (Å²) in [5.74, 6) is 0.698. The molecule has 0 aliphatic rings. The van der Waals surface area contributed by atoms with Gasteiger partial charge in [-0.15, -0.1) is 22.7 Å². The van der Waals surface area contributed by atoms with Crippen LogP contribution < -0.4 is 4.74 Å². The van der Waals surface area contributed by atoms with Gasteiger partial charge in [0.15, 0.2) is 0 Å². The topological polar surface area (TPSA) is 33.0 Å². The number of ether oxygens (including phenoxy) is 1. The molecular weight excluding hydrogens is 274 g/mol. The molecule has 0 spiro atoms. The van der Waals surface area contributed by atoms with E-state index < -0.39 is 0 Å². The first-order chi connectivity index (χ1) is 8.27. The predicted molar refractivity (Wildman–Crippen MR) is 73.5 cm³/mol. The second-order valence-electron chi connectivity index (χ2n) is 3.10. The van der Waals surface area contributed by atoms with Crippen LogP contribution in [0.25, 0.3) is 10.6 Å². The molecule has 0 fully saturated rings. The summed E-state index contributed by atoms with van der Waals surface area (Å²) in [7, 11) is 1.59. The second kappa shape index (κ2) is 5.37. The number of methoxy groups -OCH3 is 1. The lowest BCUT2D eigenvalue weighted by atomic mass is 10.2. The predicted octanol–water partition coefficient (Wildman–Crippen LogP) is 4.45. The van der Waals surface area contributed by atoms with E-state index in [1.807, 2.05) is 29.0 Å². The van der Waals surface area contributed by atoms with Crippen LogP contribution in [0.4, 0.5) is 0 Å². The molecule has 0 unspecified atom stereocenters. The molecule has 86 valence electrons. The summed E-state index contributed by atoms with van der Waals surface area (Å²) in [5, 5.41) is 13.5. The van der Waals surface area contributed by atoms with Crippen molar-refractivity contribution in [1.82, 2.24) is 0 Å². The van der Waals surface area contributed by atoms with E-state index in [0.717, 1.165) is 9.75 Å². The Kier molecular flexibility index (Phi) is 3.85. The Balaban J connectivity index is 2.54. The normalized spacial score (nSPS) is 11.8. The minimum absolute atomic E-state index is 0.446. The van der Waals surface area contributed by atoms with Crippen molar-refractivity contribution in [1.29, 1.82) is 5.26 Å². The number of thiophene rings is 2. The highest BCUT2D eigenvalue weighted by Gasteiger charge is 2.15. The molecule has 2 nitrogen and oxygen atoms in total. The quantitative estimate of drug-likeness (QED) is 0.779. The minimum Gasteiger partial charge on any atom is -0.495 e. The van der Waals surface area contributed by atoms with Gasteiger partial charge >= 0.3 is 0 Å². The average molecular weight is 282 g/mol. The zero-order valence-electron chi connectivity index (χ0n) is 8.94. The van der Waals surface area contributed by atoms with Crippen molar-refractivity contribution < 1.29 is 4.74 Å². The molecule has 2 aromatic rings. The summed E-state index contributed by atoms with van der Waals surface area (Å²) < 4.78 is 5.20. The van der Waals surface area contributed by atoms with Crippen LogP contribution >= 0.6 is 34.3 Å². The Morgan fingerprint density at radius 3 is 2.76 bits per heavy atom. The third-order valence-corrected chi connectivity index (χ3v) is 4.44. The first kappa shape index (κ1) is 12.2. The van der Waals surface area contributed by atoms with Gasteiger partial charge in [-0.1, -0.05) is 17.7 Å². The second-order valence-corrected chi connectivity index (χ2v) is 5.34. The van der Waals surface area contributed by atoms with Crippen LogP contribution in [-0.4, -0.2) is 7.11 Å². The number of allylic oxidation sites excluding steroid dienone is 1. The maximum atomic E-state index is 9.21. The SMILES string of the molecule is COc1ccsc1/C(Cl)=C(/C#N)c1cccs1. The lowest BCUT2D eigenvalue weighted by Gasteiger charge is -2.03. The zero-order chi connectivity index (χ0) is 12.3. The van der Waals surface area contributed by atoms with Crippen LogP contribution in [0.5, 0.6) is 5.75 Å². The Bertz CT molecular complexity index is 578. The standard InChI is InChI=1S/C12H8ClNOS2/c1-15-9-4-6-17-12(9)11(13)8(7-14)10-3-2-5-16-10/h2-6H,1H3/b11-8+. The van der Waals surface area contributed by atoms with E-state index in [-0.39, 0.29) is 0 Å². The van der Waals surface area contributed by atoms with E-state index in [1.54, 1.807) is 7.11 Å². The van der Waals surface area contributed by atoms with Crippen molar-refractivity contribution in [2.75, 3.05) is 7.11 Å². The van der Waals surface area contributed by atoms with Crippen LogP contribution in [0.3, 0.4) is 0 Å². The molecule has 0 amide bonds. The van der Waals surface area contributed by atoms with Crippen molar-refractivity contribution in [3.8, 4) is 11.8 Å². The lowest BCUT2D eigenvalue weighted by Crippen LogP contribution is -1.85. The molecule has 0 bridgehead atoms. The minimum atomic E-state index is 0.446. The largest absolute Gasteiger partial charge is 0.495 e. The monoisotopic (exact) mass is 281 g/mol. The van der Waals surface area contributed by atoms with E-state index in [1.165, 1.54) is 22.7 Å². The molecule has 0 saturated heterocycles. The fraction of sp³-hybridized carbons (Fsp3) is 0.0833. The molecule has 2 aromatic heterocycles. The van der Waals surface area contributed by atoms with Gasteiger partial charge < -0.3 is 4.74 Å². The van der Waals surface area contributed by atoms with Crippen LogP contribution in [0.2, 0.25) is 0 Å². The van der Waals surface area contributed by atoms with Gasteiger partial charge in [0.1, 0.15) is 11.8 Å². The zero-order valence-corrected chi connectivity index (χ0v) is 11.3. The molecule has 2 rings (SSSR count). The van der Waals surface area contributed by atoms with Gasteiger partial charge in [-0.05, 0) is 22.9 Å². The number of hydrogen-bond acceptors (Lipinski definition) is 4. The molecule has 0 radical (unpaired) electrons. The van der Waals surface area contributed by atoms with Crippen LogP contribution in [0.15, 0.2) is 29.0 Å². The van der Waals surface area contributed by atoms with Gasteiger partial charge in [0.25, 0.3) is 0 Å². The molecule has 0 aromatic carbocycles. The molecule has 2 heterocycles. The molecular formula is C12H8ClNOS2. The van der Waals surface area contributed by atoms with Crippen molar-refractivity contribution in [2.45, 2.75) is 0 Å². The van der Waals surface area contributed by atoms with E-state index in [9.17, 15) is 5.26 Å². The lowest BCUT2D eigenvalue weighted by molar-refractivity contribution is 0.416. The molecule has 0 atom stereocenters. The Morgan fingerprint density at radius 2 is 2.18 bits per heavy atom. The molecule has 5 heteroatoms. The van der Waals surface area contributed by atoms with E-state index in [4.69, 9.17) is 16.3 Å². The first-order valence-corrected chi connectivity index (χ1v) is 6.87. The maximum Gasteiger partial charge on any atom is 0.138 e. The van der Waals surface area contributed by atoms with Gasteiger partial charge in [-0.2, -0.15) is 5.26 Å². The van der Waals surface area contributed by atoms with Gasteiger partial charge in [0.05, 0.1) is 22.6 Å². The number of nitrogens with zero attached hydrogens (tertiary/aromatic N) is 1. The summed E-state index contributed by atoms with van der Waals surface area (Å²) >= 11 is 9.24. The fourth-order valence-electron chi connectivity index (χ4n) is 1.36. The molecule has 0 aliphatic heterocycles. The summed E-state index contributed by atoms with van der Waals surface area (Å²) in [5.41, 5.74) is 0.488. The smallest absolute Gasteiger partial charge is 0.138 e. The third kappa shape index (κ3) is 2.37. The van der Waals surface area contributed by atoms with Gasteiger partial charge in [-0.3, -0.25) is 0 Å². The summed E-state index contributed by atoms with van der Waals surface area (Å²) in [6, 6.07) is 7.77. The van der Waals surface area contributed by atoms with Crippen molar-refractivity contribution in [3.05, 3.63) is 38.7 Å². The molecule has 0 saturated carbocycles. The molecule has 17 heavy (non-hydrogen) atoms. The summed E-state index contributed by atoms with van der Waals surface area (Å²) in [6.45, 7) is 0. The number of nitriles is 1. The van der Waals surface area contributed by atoms with E-state index in [0.29, 0.717) is 16.4 Å². The van der Waals surface area contributed by atoms with E-state index in [2.05, 4.69) is 6.07 Å². The van der Waals surface area contributed by atoms with Crippen LogP contribution in [-0.2, 0) is 0 Å². The number of hydrogen-bond donors (Lipinski definition) is 0. The average Bonchev–Trinajstić information content (AvgIpc) is 3.00. The van der Waals surface area contributed by atoms with Crippen molar-refractivity contribution in [3.63, 3.8) is 0 Å². The Hall–Kier alpha value is -1.28. The van der Waals surface area contributed by atoms with Crippen molar-refractivity contribution in [2.24, 2.45) is 0 Å². The highest BCUT2D eigenvalue weighted by atomic mass is 35.5. The number of rotatable bonds is 3. The van der Waals surface area contributed by atoms with Gasteiger partial charge in [0, 0.05) is 4.88 Å². The molecule has 0 aliphatic carbocycles. The highest BCUT2D eigenvalue weighted by Crippen LogP contribution is 2.39. The van der Waals surface area contributed by atoms with E-state index >= 15 is 0 Å². The Labute approximate surface area is 112 Å². The van der Waals surface area contributed by atoms with Crippen LogP contribution in [0.1, 0.15) is 9.75 Å². The Morgan fingerprint density at radius 1 is 1.35 bits per heavy atom. The summed E-state index contributed by atoms with van der Waals surface area (Å²) in [4.78, 5) is 1.66. The fourth-order valence-corrected chi connectivity index (χ4v) is 3.32. The highest BCUT2D eigenvalue weighted by molar-refractivity contribution is 7.13. The van der Waals surface area contributed by atoms with Crippen molar-refractivity contribution >= 4 is 44.9 Å². The van der Waals surface area contributed by atoms with Crippen LogP contribution in [0, 0.1) is 11.3 Å². The number of halogens is 1. The molecule has 0 N–H and O–H groups in total.